The van der Waals surface area contributed by atoms with Crippen LogP contribution in [0, 0.1) is 0 Å². The molecule has 0 fully saturated rings. The summed E-state index contributed by atoms with van der Waals surface area (Å²) in [4.78, 5) is 66.1. The number of carbonyl (C=O) groups excluding carboxylic acids is 5. The smallest absolute Gasteiger partial charge is 0.317 e. The zero-order chi connectivity index (χ0) is 29.1. The van der Waals surface area contributed by atoms with Crippen LogP contribution in [-0.4, -0.2) is 98.4 Å². The first-order chi connectivity index (χ1) is 17.5. The van der Waals surface area contributed by atoms with Gasteiger partial charge in [-0.25, -0.2) is 0 Å². The summed E-state index contributed by atoms with van der Waals surface area (Å²) in [5.74, 6) is -3.20. The second-order valence-corrected chi connectivity index (χ2v) is 6.79. The van der Waals surface area contributed by atoms with Crippen LogP contribution in [0.3, 0.4) is 0 Å². The third kappa shape index (κ3) is 28.9. The van der Waals surface area contributed by atoms with Crippen molar-refractivity contribution in [2.24, 2.45) is 0 Å². The highest BCUT2D eigenvalue weighted by molar-refractivity contribution is 5.94. The van der Waals surface area contributed by atoms with Crippen LogP contribution in [0.2, 0.25) is 0 Å². The van der Waals surface area contributed by atoms with Gasteiger partial charge in [0.15, 0.2) is 0 Å². The lowest BCUT2D eigenvalue weighted by Crippen LogP contribution is -2.34. The molecule has 0 rings (SSSR count). The van der Waals surface area contributed by atoms with E-state index in [4.69, 9.17) is 19.3 Å². The molecule has 0 aliphatic rings. The van der Waals surface area contributed by atoms with Gasteiger partial charge >= 0.3 is 29.8 Å². The molecule has 13 heteroatoms. The van der Waals surface area contributed by atoms with Gasteiger partial charge in [0.25, 0.3) is 0 Å². The Morgan fingerprint density at radius 1 is 0.649 bits per heavy atom. The van der Waals surface area contributed by atoms with Gasteiger partial charge in [-0.05, 0) is 41.2 Å². The molecule has 0 bridgehead atoms. The van der Waals surface area contributed by atoms with Crippen molar-refractivity contribution >= 4 is 35.8 Å². The number of carboxylic acids is 1. The van der Waals surface area contributed by atoms with Crippen molar-refractivity contribution in [3.05, 3.63) is 0 Å². The topological polar surface area (TPSA) is 175 Å². The Morgan fingerprint density at radius 2 is 1.08 bits per heavy atom. The number of esters is 4. The molecule has 0 saturated heterocycles. The van der Waals surface area contributed by atoms with E-state index in [-0.39, 0.29) is 50.4 Å². The van der Waals surface area contributed by atoms with Crippen molar-refractivity contribution in [3.63, 3.8) is 0 Å². The van der Waals surface area contributed by atoms with E-state index >= 15 is 0 Å². The summed E-state index contributed by atoms with van der Waals surface area (Å²) in [6.07, 6.45) is -0.226. The second-order valence-electron chi connectivity index (χ2n) is 6.79. The lowest BCUT2D eigenvalue weighted by Gasteiger charge is -2.19. The van der Waals surface area contributed by atoms with Crippen LogP contribution < -0.4 is 5.32 Å². The first kappa shape index (κ1) is 38.3. The Kier molecular flexibility index (Phi) is 28.3. The van der Waals surface area contributed by atoms with E-state index in [9.17, 15) is 28.8 Å². The number of carbonyl (C=O) groups is 6. The summed E-state index contributed by atoms with van der Waals surface area (Å²) in [5.41, 5.74) is 0. The monoisotopic (exact) mass is 536 g/mol. The van der Waals surface area contributed by atoms with Crippen molar-refractivity contribution in [1.29, 1.82) is 0 Å². The van der Waals surface area contributed by atoms with E-state index in [2.05, 4.69) is 10.1 Å². The van der Waals surface area contributed by atoms with Crippen LogP contribution in [0.5, 0.6) is 0 Å². The molecule has 37 heavy (non-hydrogen) atoms. The minimum Gasteiger partial charge on any atom is -0.481 e. The number of amides is 1. The number of nitrogens with zero attached hydrogens (tertiary/aromatic N) is 1. The minimum atomic E-state index is -1.16. The zero-order valence-electron chi connectivity index (χ0n) is 23.0. The van der Waals surface area contributed by atoms with Gasteiger partial charge in [0, 0.05) is 19.6 Å². The molecule has 2 N–H and O–H groups in total. The molecule has 0 unspecified atom stereocenters. The van der Waals surface area contributed by atoms with Crippen molar-refractivity contribution in [2.75, 3.05) is 52.6 Å². The van der Waals surface area contributed by atoms with Gasteiger partial charge < -0.3 is 34.3 Å². The summed E-state index contributed by atoms with van der Waals surface area (Å²) in [6, 6.07) is 0. The van der Waals surface area contributed by atoms with Gasteiger partial charge in [0.05, 0.1) is 39.3 Å². The zero-order valence-corrected chi connectivity index (χ0v) is 23.0. The summed E-state index contributed by atoms with van der Waals surface area (Å²) in [7, 11) is 0. The molecule has 1 amide bonds. The third-order valence-corrected chi connectivity index (χ3v) is 3.89. The van der Waals surface area contributed by atoms with Crippen molar-refractivity contribution in [2.45, 2.75) is 67.2 Å². The predicted octanol–water partition coefficient (Wildman–Crippen LogP) is 1.31. The van der Waals surface area contributed by atoms with E-state index < -0.39 is 24.3 Å². The van der Waals surface area contributed by atoms with Crippen molar-refractivity contribution < 1.29 is 52.8 Å². The van der Waals surface area contributed by atoms with Crippen LogP contribution >= 0.6 is 0 Å². The maximum Gasteiger partial charge on any atom is 0.317 e. The molecule has 0 aliphatic heterocycles. The Balaban J connectivity index is -0.000000515. The standard InChI is InChI=1S/C12H21NO5.C7H15NO2.C5H8O4/c1-4-13(8-7-11(15)17-5-2)10(14)9-12(16)18-6-3;1-3-8-6-5-7(9)10-4-2;1-2-9-5(8)3-4(6)7/h4-9H2,1-3H3;8H,3-6H2,1-2H3;2-3H2,1H3,(H,6,7). The minimum absolute atomic E-state index is 0.122. The number of rotatable bonds is 16. The number of carboxylic acid groups (broad SMARTS) is 1. The van der Waals surface area contributed by atoms with E-state index in [0.717, 1.165) is 13.1 Å². The first-order valence-corrected chi connectivity index (χ1v) is 12.3. The van der Waals surface area contributed by atoms with Crippen LogP contribution in [0.4, 0.5) is 0 Å². The Hall–Kier alpha value is -3.22. The van der Waals surface area contributed by atoms with E-state index in [1.54, 1.807) is 27.7 Å². The quantitative estimate of drug-likeness (QED) is 0.125. The molecule has 0 aromatic rings. The number of ether oxygens (including phenoxy) is 4. The molecule has 0 atom stereocenters. The first-order valence-electron chi connectivity index (χ1n) is 12.3. The van der Waals surface area contributed by atoms with Gasteiger partial charge in [-0.15, -0.1) is 0 Å². The van der Waals surface area contributed by atoms with E-state index in [0.29, 0.717) is 26.2 Å². The van der Waals surface area contributed by atoms with E-state index in [1.807, 2.05) is 13.8 Å². The fourth-order valence-electron chi connectivity index (χ4n) is 2.30. The molecule has 0 aromatic heterocycles. The van der Waals surface area contributed by atoms with Gasteiger partial charge in [0.2, 0.25) is 5.91 Å². The molecule has 0 radical (unpaired) electrons. The third-order valence-electron chi connectivity index (χ3n) is 3.89. The Bertz CT molecular complexity index is 669. The molecule has 216 valence electrons. The SMILES string of the molecule is CCNCCC(=O)OCC.CCOC(=O)CC(=O)O.CCOC(=O)CCN(CC)C(=O)CC(=O)OCC. The Morgan fingerprint density at radius 3 is 1.49 bits per heavy atom. The summed E-state index contributed by atoms with van der Waals surface area (Å²) < 4.78 is 18.5. The van der Waals surface area contributed by atoms with Crippen molar-refractivity contribution in [3.8, 4) is 0 Å². The highest BCUT2D eigenvalue weighted by atomic mass is 16.5. The molecule has 0 aromatic carbocycles. The van der Waals surface area contributed by atoms with Crippen LogP contribution in [0.1, 0.15) is 67.2 Å². The Labute approximate surface area is 219 Å². The average Bonchev–Trinajstić information content (AvgIpc) is 2.80. The molecule has 13 nitrogen and oxygen atoms in total. The number of aliphatic carboxylic acids is 1. The summed E-state index contributed by atoms with van der Waals surface area (Å²) in [5, 5.41) is 11.0. The van der Waals surface area contributed by atoms with Gasteiger partial charge in [-0.2, -0.15) is 0 Å². The molecular weight excluding hydrogens is 492 g/mol. The number of hydrogen-bond donors (Lipinski definition) is 2. The largest absolute Gasteiger partial charge is 0.481 e. The van der Waals surface area contributed by atoms with Crippen LogP contribution in [0.15, 0.2) is 0 Å². The lowest BCUT2D eigenvalue weighted by molar-refractivity contribution is -0.152. The molecule has 0 saturated carbocycles. The maximum atomic E-state index is 11.7. The normalized spacial score (nSPS) is 9.35. The lowest BCUT2D eigenvalue weighted by atomic mass is 10.3. The molecular formula is C24H44N2O11. The van der Waals surface area contributed by atoms with Crippen LogP contribution in [0.25, 0.3) is 0 Å². The molecule has 0 heterocycles. The second kappa shape index (κ2) is 27.4. The fraction of sp³-hybridized carbons (Fsp3) is 0.750. The number of nitrogens with one attached hydrogen (secondary N) is 1. The number of hydrogen-bond acceptors (Lipinski definition) is 11. The molecule has 0 spiro atoms. The van der Waals surface area contributed by atoms with Gasteiger partial charge in [-0.3, -0.25) is 28.8 Å². The average molecular weight is 537 g/mol. The summed E-state index contributed by atoms with van der Waals surface area (Å²) in [6.45, 7) is 14.2. The predicted molar refractivity (Wildman–Crippen MR) is 133 cm³/mol. The van der Waals surface area contributed by atoms with E-state index in [1.165, 1.54) is 4.90 Å². The molecule has 0 aliphatic carbocycles. The fourth-order valence-corrected chi connectivity index (χ4v) is 2.30. The maximum absolute atomic E-state index is 11.7. The summed E-state index contributed by atoms with van der Waals surface area (Å²) >= 11 is 0. The van der Waals surface area contributed by atoms with Crippen LogP contribution in [-0.2, 0) is 47.7 Å². The van der Waals surface area contributed by atoms with Crippen molar-refractivity contribution in [1.82, 2.24) is 10.2 Å². The van der Waals surface area contributed by atoms with Gasteiger partial charge in [-0.1, -0.05) is 6.92 Å². The van der Waals surface area contributed by atoms with Gasteiger partial charge in [0.1, 0.15) is 12.8 Å². The highest BCUT2D eigenvalue weighted by Gasteiger charge is 2.17. The highest BCUT2D eigenvalue weighted by Crippen LogP contribution is 1.99.